The third-order valence-electron chi connectivity index (χ3n) is 3.15. The average Bonchev–Trinajstić information content (AvgIpc) is 2.21. The SMILES string of the molecule is O=C(O)C1CC(O)(Cc2cccc(F)c2Br)C1. The standard InChI is InChI=1S/C12H12BrFO3/c13-10-7(2-1-3-9(10)14)4-12(17)5-8(6-12)11(15)16/h1-3,8,17H,4-6H2,(H,15,16). The lowest BCUT2D eigenvalue weighted by molar-refractivity contribution is -0.158. The van der Waals surface area contributed by atoms with Crippen LogP contribution < -0.4 is 0 Å². The van der Waals surface area contributed by atoms with E-state index in [0.717, 1.165) is 0 Å². The van der Waals surface area contributed by atoms with Gasteiger partial charge < -0.3 is 10.2 Å². The first-order valence-electron chi connectivity index (χ1n) is 5.29. The van der Waals surface area contributed by atoms with Crippen molar-refractivity contribution in [2.75, 3.05) is 0 Å². The first kappa shape index (κ1) is 12.5. The molecular weight excluding hydrogens is 291 g/mol. The van der Waals surface area contributed by atoms with Crippen LogP contribution in [0.5, 0.6) is 0 Å². The van der Waals surface area contributed by atoms with E-state index >= 15 is 0 Å². The van der Waals surface area contributed by atoms with Crippen molar-refractivity contribution in [3.05, 3.63) is 34.1 Å². The molecule has 3 nitrogen and oxygen atoms in total. The number of aliphatic hydroxyl groups is 1. The van der Waals surface area contributed by atoms with Crippen LogP contribution in [0.1, 0.15) is 18.4 Å². The molecular formula is C12H12BrFO3. The van der Waals surface area contributed by atoms with Gasteiger partial charge in [0, 0.05) is 6.42 Å². The van der Waals surface area contributed by atoms with Crippen LogP contribution in [0.2, 0.25) is 0 Å². The van der Waals surface area contributed by atoms with Gasteiger partial charge in [-0.25, -0.2) is 4.39 Å². The van der Waals surface area contributed by atoms with Crippen molar-refractivity contribution in [3.8, 4) is 0 Å². The van der Waals surface area contributed by atoms with E-state index in [1.807, 2.05) is 0 Å². The highest BCUT2D eigenvalue weighted by atomic mass is 79.9. The van der Waals surface area contributed by atoms with Crippen molar-refractivity contribution in [3.63, 3.8) is 0 Å². The van der Waals surface area contributed by atoms with Crippen molar-refractivity contribution in [1.82, 2.24) is 0 Å². The molecule has 1 aliphatic rings. The second-order valence-corrected chi connectivity index (χ2v) is 5.35. The Kier molecular flexibility index (Phi) is 3.23. The van der Waals surface area contributed by atoms with Crippen LogP contribution in [0.4, 0.5) is 4.39 Å². The van der Waals surface area contributed by atoms with Crippen LogP contribution in [-0.4, -0.2) is 21.8 Å². The second-order valence-electron chi connectivity index (χ2n) is 4.56. The molecule has 1 saturated carbocycles. The maximum Gasteiger partial charge on any atom is 0.306 e. The summed E-state index contributed by atoms with van der Waals surface area (Å²) in [4.78, 5) is 10.7. The number of hydrogen-bond donors (Lipinski definition) is 2. The Morgan fingerprint density at radius 1 is 1.53 bits per heavy atom. The Bertz CT molecular complexity index is 455. The molecule has 0 unspecified atom stereocenters. The smallest absolute Gasteiger partial charge is 0.306 e. The van der Waals surface area contributed by atoms with Gasteiger partial charge in [0.1, 0.15) is 5.82 Å². The fourth-order valence-electron chi connectivity index (χ4n) is 2.22. The molecule has 0 bridgehead atoms. The molecule has 0 atom stereocenters. The Labute approximate surface area is 106 Å². The Balaban J connectivity index is 2.07. The van der Waals surface area contributed by atoms with Gasteiger partial charge in [0.05, 0.1) is 16.0 Å². The lowest BCUT2D eigenvalue weighted by Crippen LogP contribution is -2.48. The lowest BCUT2D eigenvalue weighted by atomic mass is 9.68. The molecule has 1 aromatic carbocycles. The van der Waals surface area contributed by atoms with Gasteiger partial charge in [-0.2, -0.15) is 0 Å². The van der Waals surface area contributed by atoms with E-state index in [-0.39, 0.29) is 25.1 Å². The van der Waals surface area contributed by atoms with Crippen molar-refractivity contribution in [2.24, 2.45) is 5.92 Å². The van der Waals surface area contributed by atoms with Gasteiger partial charge >= 0.3 is 5.97 Å². The molecule has 0 heterocycles. The van der Waals surface area contributed by atoms with Crippen LogP contribution >= 0.6 is 15.9 Å². The number of halogens is 2. The van der Waals surface area contributed by atoms with Crippen molar-refractivity contribution >= 4 is 21.9 Å². The summed E-state index contributed by atoms with van der Waals surface area (Å²) in [6, 6.07) is 4.63. The second kappa shape index (κ2) is 4.38. The van der Waals surface area contributed by atoms with Crippen LogP contribution in [0.3, 0.4) is 0 Å². The molecule has 1 aromatic rings. The fourth-order valence-corrected chi connectivity index (χ4v) is 2.62. The summed E-state index contributed by atoms with van der Waals surface area (Å²) in [6.07, 6.45) is 0.728. The van der Waals surface area contributed by atoms with Gasteiger partial charge in [0.2, 0.25) is 0 Å². The summed E-state index contributed by atoms with van der Waals surface area (Å²) in [6.45, 7) is 0. The Morgan fingerprint density at radius 2 is 2.18 bits per heavy atom. The first-order valence-corrected chi connectivity index (χ1v) is 6.09. The number of carboxylic acids is 1. The molecule has 0 aromatic heterocycles. The van der Waals surface area contributed by atoms with Gasteiger partial charge in [-0.05, 0) is 40.4 Å². The Morgan fingerprint density at radius 3 is 2.76 bits per heavy atom. The van der Waals surface area contributed by atoms with Crippen molar-refractivity contribution in [2.45, 2.75) is 24.9 Å². The molecule has 1 fully saturated rings. The molecule has 92 valence electrons. The number of carbonyl (C=O) groups is 1. The topological polar surface area (TPSA) is 57.5 Å². The predicted octanol–water partition coefficient (Wildman–Crippen LogP) is 2.36. The number of hydrogen-bond acceptors (Lipinski definition) is 2. The van der Waals surface area contributed by atoms with E-state index in [4.69, 9.17) is 5.11 Å². The number of benzene rings is 1. The molecule has 1 aliphatic carbocycles. The highest BCUT2D eigenvalue weighted by molar-refractivity contribution is 9.10. The van der Waals surface area contributed by atoms with E-state index in [1.54, 1.807) is 12.1 Å². The summed E-state index contributed by atoms with van der Waals surface area (Å²) in [5.74, 6) is -1.74. The highest BCUT2D eigenvalue weighted by Crippen LogP contribution is 2.41. The zero-order valence-electron chi connectivity index (χ0n) is 8.99. The molecule has 17 heavy (non-hydrogen) atoms. The first-order chi connectivity index (χ1) is 7.91. The normalized spacial score (nSPS) is 27.6. The number of aliphatic carboxylic acids is 1. The molecule has 0 aliphatic heterocycles. The third-order valence-corrected chi connectivity index (χ3v) is 4.04. The number of carboxylic acid groups (broad SMARTS) is 1. The van der Waals surface area contributed by atoms with Crippen molar-refractivity contribution < 1.29 is 19.4 Å². The van der Waals surface area contributed by atoms with Gasteiger partial charge in [0.25, 0.3) is 0 Å². The largest absolute Gasteiger partial charge is 0.481 e. The van der Waals surface area contributed by atoms with E-state index in [1.165, 1.54) is 6.07 Å². The maximum absolute atomic E-state index is 13.3. The van der Waals surface area contributed by atoms with Gasteiger partial charge in [-0.3, -0.25) is 4.79 Å². The van der Waals surface area contributed by atoms with E-state index in [2.05, 4.69) is 15.9 Å². The third kappa shape index (κ3) is 2.50. The van der Waals surface area contributed by atoms with Crippen molar-refractivity contribution in [1.29, 1.82) is 0 Å². The molecule has 0 amide bonds. The predicted molar refractivity (Wildman–Crippen MR) is 63.1 cm³/mol. The van der Waals surface area contributed by atoms with Crippen LogP contribution in [0, 0.1) is 11.7 Å². The summed E-state index contributed by atoms with van der Waals surface area (Å²) < 4.78 is 13.6. The zero-order chi connectivity index (χ0) is 12.6. The fraction of sp³-hybridized carbons (Fsp3) is 0.417. The monoisotopic (exact) mass is 302 g/mol. The molecule has 0 radical (unpaired) electrons. The van der Waals surface area contributed by atoms with E-state index in [9.17, 15) is 14.3 Å². The van der Waals surface area contributed by atoms with E-state index in [0.29, 0.717) is 10.0 Å². The summed E-state index contributed by atoms with van der Waals surface area (Å²) in [5, 5.41) is 18.8. The minimum Gasteiger partial charge on any atom is -0.481 e. The molecule has 0 spiro atoms. The van der Waals surface area contributed by atoms with Gasteiger partial charge in [-0.1, -0.05) is 12.1 Å². The average molecular weight is 303 g/mol. The summed E-state index contributed by atoms with van der Waals surface area (Å²) in [7, 11) is 0. The molecule has 5 heteroatoms. The minimum absolute atomic E-state index is 0.227. The van der Waals surface area contributed by atoms with Crippen LogP contribution in [-0.2, 0) is 11.2 Å². The van der Waals surface area contributed by atoms with E-state index < -0.39 is 17.5 Å². The molecule has 2 N–H and O–H groups in total. The summed E-state index contributed by atoms with van der Waals surface area (Å²) in [5.41, 5.74) is -0.351. The quantitative estimate of drug-likeness (QED) is 0.901. The Hall–Kier alpha value is -0.940. The van der Waals surface area contributed by atoms with Gasteiger partial charge in [-0.15, -0.1) is 0 Å². The summed E-state index contributed by atoms with van der Waals surface area (Å²) >= 11 is 3.13. The van der Waals surface area contributed by atoms with Crippen LogP contribution in [0.15, 0.2) is 22.7 Å². The lowest BCUT2D eigenvalue weighted by Gasteiger charge is -2.41. The minimum atomic E-state index is -1.01. The maximum atomic E-state index is 13.3. The highest BCUT2D eigenvalue weighted by Gasteiger charge is 2.46. The number of rotatable bonds is 3. The van der Waals surface area contributed by atoms with Gasteiger partial charge in [0.15, 0.2) is 0 Å². The zero-order valence-corrected chi connectivity index (χ0v) is 10.6. The molecule has 0 saturated heterocycles. The van der Waals surface area contributed by atoms with Crippen LogP contribution in [0.25, 0.3) is 0 Å². The molecule has 2 rings (SSSR count).